The zero-order valence-corrected chi connectivity index (χ0v) is 17.7. The molecule has 0 aromatic rings. The summed E-state index contributed by atoms with van der Waals surface area (Å²) in [4.78, 5) is 22.9. The van der Waals surface area contributed by atoms with Crippen LogP contribution in [0.2, 0.25) is 0 Å². The fourth-order valence-corrected chi connectivity index (χ4v) is 3.62. The number of carbonyl (C=O) groups excluding carboxylic acids is 1. The van der Waals surface area contributed by atoms with Crippen LogP contribution in [0.5, 0.6) is 0 Å². The summed E-state index contributed by atoms with van der Waals surface area (Å²) in [5.74, 6) is -2.44. The summed E-state index contributed by atoms with van der Waals surface area (Å²) in [5, 5.41) is 6.69. The summed E-state index contributed by atoms with van der Waals surface area (Å²) in [5.41, 5.74) is 0. The van der Waals surface area contributed by atoms with Crippen LogP contribution in [0.15, 0.2) is 0 Å². The standard InChI is InChI=1S/C19H36O7S/c1-4-5-6-7-8-9-10-11-12-16(13-15(2)3)26-19(22)17(14-18(20)21)27(23,24)25/h15-17H,4-14H2,1-3H3,(H,20,21)(H,23,24,25). The first-order valence-corrected chi connectivity index (χ1v) is 11.5. The topological polar surface area (TPSA) is 118 Å². The fraction of sp³-hybridized carbons (Fsp3) is 0.895. The second-order valence-corrected chi connectivity index (χ2v) is 9.15. The van der Waals surface area contributed by atoms with Crippen LogP contribution in [0.25, 0.3) is 0 Å². The van der Waals surface area contributed by atoms with Crippen LogP contribution in [-0.2, 0) is 24.4 Å². The maximum atomic E-state index is 12.1. The zero-order valence-electron chi connectivity index (χ0n) is 16.9. The molecule has 0 spiro atoms. The molecule has 0 aliphatic carbocycles. The van der Waals surface area contributed by atoms with Gasteiger partial charge >= 0.3 is 11.9 Å². The van der Waals surface area contributed by atoms with E-state index in [0.29, 0.717) is 12.8 Å². The minimum absolute atomic E-state index is 0.237. The van der Waals surface area contributed by atoms with Gasteiger partial charge in [-0.3, -0.25) is 14.1 Å². The lowest BCUT2D eigenvalue weighted by Crippen LogP contribution is -2.36. The highest BCUT2D eigenvalue weighted by Crippen LogP contribution is 2.19. The molecule has 0 aliphatic heterocycles. The molecule has 0 amide bonds. The number of carboxylic acids is 1. The van der Waals surface area contributed by atoms with Crippen LogP contribution in [0, 0.1) is 5.92 Å². The minimum Gasteiger partial charge on any atom is -0.481 e. The van der Waals surface area contributed by atoms with E-state index >= 15 is 0 Å². The molecule has 0 rings (SSSR count). The van der Waals surface area contributed by atoms with E-state index in [4.69, 9.17) is 14.4 Å². The molecule has 0 saturated heterocycles. The number of aliphatic carboxylic acids is 1. The number of rotatable bonds is 16. The van der Waals surface area contributed by atoms with Gasteiger partial charge in [0.1, 0.15) is 6.10 Å². The number of carboxylic acid groups (broad SMARTS) is 1. The van der Waals surface area contributed by atoms with Crippen molar-refractivity contribution >= 4 is 22.1 Å². The van der Waals surface area contributed by atoms with E-state index in [9.17, 15) is 18.0 Å². The summed E-state index contributed by atoms with van der Waals surface area (Å²) in [6.45, 7) is 6.11. The molecule has 0 radical (unpaired) electrons. The first-order chi connectivity index (χ1) is 12.6. The largest absolute Gasteiger partial charge is 0.481 e. The van der Waals surface area contributed by atoms with Gasteiger partial charge in [0.05, 0.1) is 6.42 Å². The number of unbranched alkanes of at least 4 members (excludes halogenated alkanes) is 7. The van der Waals surface area contributed by atoms with Gasteiger partial charge in [0.25, 0.3) is 10.1 Å². The van der Waals surface area contributed by atoms with E-state index in [1.165, 1.54) is 32.1 Å². The van der Waals surface area contributed by atoms with E-state index in [0.717, 1.165) is 19.3 Å². The molecule has 27 heavy (non-hydrogen) atoms. The molecule has 0 aliphatic rings. The molecule has 8 heteroatoms. The predicted molar refractivity (Wildman–Crippen MR) is 104 cm³/mol. The molecule has 2 atom stereocenters. The van der Waals surface area contributed by atoms with Gasteiger partial charge in [-0.25, -0.2) is 0 Å². The lowest BCUT2D eigenvalue weighted by Gasteiger charge is -2.22. The SMILES string of the molecule is CCCCCCCCCCC(CC(C)C)OC(=O)C(CC(=O)O)S(=O)(=O)O. The molecule has 0 aromatic heterocycles. The second-order valence-electron chi connectivity index (χ2n) is 7.55. The van der Waals surface area contributed by atoms with Crippen LogP contribution in [0.4, 0.5) is 0 Å². The number of hydrogen-bond acceptors (Lipinski definition) is 5. The van der Waals surface area contributed by atoms with Crippen molar-refractivity contribution in [3.05, 3.63) is 0 Å². The summed E-state index contributed by atoms with van der Waals surface area (Å²) >= 11 is 0. The maximum absolute atomic E-state index is 12.1. The van der Waals surface area contributed by atoms with E-state index in [1.807, 2.05) is 13.8 Å². The number of hydrogen-bond donors (Lipinski definition) is 2. The number of ether oxygens (including phenoxy) is 1. The molecule has 0 saturated carbocycles. The third-order valence-electron chi connectivity index (χ3n) is 4.38. The monoisotopic (exact) mass is 408 g/mol. The van der Waals surface area contributed by atoms with Gasteiger partial charge in [-0.1, -0.05) is 65.7 Å². The Hall–Kier alpha value is -1.15. The first-order valence-electron chi connectivity index (χ1n) is 9.96. The average molecular weight is 409 g/mol. The summed E-state index contributed by atoms with van der Waals surface area (Å²) in [6.07, 6.45) is 8.79. The number of esters is 1. The Labute approximate surface area is 163 Å². The third kappa shape index (κ3) is 13.6. The normalized spacial score (nSPS) is 14.1. The van der Waals surface area contributed by atoms with Crippen molar-refractivity contribution in [3.63, 3.8) is 0 Å². The Kier molecular flexibility index (Phi) is 13.3. The lowest BCUT2D eigenvalue weighted by atomic mass is 10.00. The highest BCUT2D eigenvalue weighted by Gasteiger charge is 2.36. The van der Waals surface area contributed by atoms with Crippen LogP contribution < -0.4 is 0 Å². The molecule has 0 heterocycles. The van der Waals surface area contributed by atoms with E-state index in [-0.39, 0.29) is 5.92 Å². The zero-order chi connectivity index (χ0) is 20.9. The Morgan fingerprint density at radius 2 is 1.48 bits per heavy atom. The van der Waals surface area contributed by atoms with Crippen molar-refractivity contribution in [2.75, 3.05) is 0 Å². The maximum Gasteiger partial charge on any atom is 0.327 e. The van der Waals surface area contributed by atoms with Crippen LogP contribution in [-0.4, -0.2) is 41.4 Å². The smallest absolute Gasteiger partial charge is 0.327 e. The molecule has 7 nitrogen and oxygen atoms in total. The van der Waals surface area contributed by atoms with Crippen LogP contribution in [0.3, 0.4) is 0 Å². The van der Waals surface area contributed by atoms with Crippen molar-refractivity contribution < 1.29 is 32.4 Å². The van der Waals surface area contributed by atoms with Crippen LogP contribution >= 0.6 is 0 Å². The quantitative estimate of drug-likeness (QED) is 0.223. The van der Waals surface area contributed by atoms with E-state index in [1.54, 1.807) is 0 Å². The number of carbonyl (C=O) groups is 2. The van der Waals surface area contributed by atoms with Gasteiger partial charge in [0, 0.05) is 0 Å². The summed E-state index contributed by atoms with van der Waals surface area (Å²) in [6, 6.07) is 0. The van der Waals surface area contributed by atoms with Crippen molar-refractivity contribution in [3.8, 4) is 0 Å². The third-order valence-corrected chi connectivity index (χ3v) is 5.46. The predicted octanol–water partition coefficient (Wildman–Crippen LogP) is 4.21. The van der Waals surface area contributed by atoms with Gasteiger partial charge in [-0.05, 0) is 25.2 Å². The highest BCUT2D eigenvalue weighted by molar-refractivity contribution is 7.87. The lowest BCUT2D eigenvalue weighted by molar-refractivity contribution is -0.152. The Balaban J connectivity index is 4.53. The van der Waals surface area contributed by atoms with Crippen molar-refractivity contribution in [2.45, 2.75) is 103 Å². The second kappa shape index (κ2) is 13.9. The average Bonchev–Trinajstić information content (AvgIpc) is 2.53. The van der Waals surface area contributed by atoms with Gasteiger partial charge in [0.15, 0.2) is 5.25 Å². The van der Waals surface area contributed by atoms with Crippen molar-refractivity contribution in [2.24, 2.45) is 5.92 Å². The minimum atomic E-state index is -4.83. The van der Waals surface area contributed by atoms with Crippen molar-refractivity contribution in [1.82, 2.24) is 0 Å². The van der Waals surface area contributed by atoms with Gasteiger partial charge in [-0.15, -0.1) is 0 Å². The molecular weight excluding hydrogens is 372 g/mol. The molecule has 2 unspecified atom stereocenters. The van der Waals surface area contributed by atoms with E-state index < -0.39 is 39.8 Å². The van der Waals surface area contributed by atoms with Gasteiger partial charge in [-0.2, -0.15) is 8.42 Å². The molecule has 0 fully saturated rings. The Morgan fingerprint density at radius 1 is 0.963 bits per heavy atom. The fourth-order valence-electron chi connectivity index (χ4n) is 2.97. The summed E-state index contributed by atoms with van der Waals surface area (Å²) in [7, 11) is -4.83. The molecule has 160 valence electrons. The first kappa shape index (κ1) is 25.9. The van der Waals surface area contributed by atoms with Gasteiger partial charge in [0.2, 0.25) is 0 Å². The Bertz CT molecular complexity index is 528. The highest BCUT2D eigenvalue weighted by atomic mass is 32.2. The van der Waals surface area contributed by atoms with Crippen molar-refractivity contribution in [1.29, 1.82) is 0 Å². The summed E-state index contributed by atoms with van der Waals surface area (Å²) < 4.78 is 37.0. The Morgan fingerprint density at radius 3 is 1.93 bits per heavy atom. The van der Waals surface area contributed by atoms with E-state index in [2.05, 4.69) is 6.92 Å². The molecule has 0 aromatic carbocycles. The van der Waals surface area contributed by atoms with Crippen LogP contribution in [0.1, 0.15) is 91.4 Å². The molecular formula is C19H36O7S. The molecule has 2 N–H and O–H groups in total. The van der Waals surface area contributed by atoms with Gasteiger partial charge < -0.3 is 9.84 Å². The molecule has 0 bridgehead atoms.